The number of hydrogen-bond donors (Lipinski definition) is 5. The molecule has 4 rings (SSSR count). The lowest BCUT2D eigenvalue weighted by atomic mass is 10.0. The van der Waals surface area contributed by atoms with Crippen LogP contribution < -0.4 is 16.8 Å². The zero-order valence-electron chi connectivity index (χ0n) is 17.2. The number of rotatable bonds is 9. The second-order valence-electron chi connectivity index (χ2n) is 6.63. The lowest BCUT2D eigenvalue weighted by Crippen LogP contribution is -2.71. The molecule has 1 saturated heterocycles. The predicted octanol–water partition coefficient (Wildman–Crippen LogP) is 0.948. The molecule has 186 valence electrons. The van der Waals surface area contributed by atoms with Gasteiger partial charge in [0.15, 0.2) is 19.5 Å². The van der Waals surface area contributed by atoms with E-state index in [1.807, 2.05) is 0 Å². The van der Waals surface area contributed by atoms with Gasteiger partial charge in [0.05, 0.1) is 0 Å². The third kappa shape index (κ3) is 5.23. The molecule has 13 nitrogen and oxygen atoms in total. The first kappa shape index (κ1) is 26.0. The first-order valence-corrected chi connectivity index (χ1v) is 14.3. The van der Waals surface area contributed by atoms with E-state index in [0.29, 0.717) is 25.9 Å². The maximum Gasteiger partial charge on any atom is 0.353 e. The van der Waals surface area contributed by atoms with Crippen LogP contribution in [0, 0.1) is 0 Å². The summed E-state index contributed by atoms with van der Waals surface area (Å²) in [5.41, 5.74) is 10.2. The number of thioether (sulfide) groups is 3. The number of fused-ring (bicyclic) bond motifs is 1. The molecule has 19 heteroatoms. The molecule has 4 heterocycles. The van der Waals surface area contributed by atoms with Gasteiger partial charge in [0.1, 0.15) is 27.1 Å². The smallest absolute Gasteiger partial charge is 0.353 e. The van der Waals surface area contributed by atoms with E-state index in [2.05, 4.69) is 25.7 Å². The molecule has 0 radical (unpaired) electrons. The van der Waals surface area contributed by atoms with Crippen LogP contribution in [0.1, 0.15) is 5.69 Å². The molecule has 0 bridgehead atoms. The Morgan fingerprint density at radius 1 is 1.31 bits per heavy atom. The third-order valence-electron chi connectivity index (χ3n) is 4.51. The van der Waals surface area contributed by atoms with Crippen LogP contribution in [0.25, 0.3) is 0 Å². The van der Waals surface area contributed by atoms with Gasteiger partial charge >= 0.3 is 5.97 Å². The van der Waals surface area contributed by atoms with E-state index in [4.69, 9.17) is 23.1 Å². The van der Waals surface area contributed by atoms with Crippen molar-refractivity contribution in [1.82, 2.24) is 25.4 Å². The summed E-state index contributed by atoms with van der Waals surface area (Å²) in [6.45, 7) is 0.490. The number of carbonyl (C=O) groups is 3. The number of oxime groups is 1. The Balaban J connectivity index is 1.49. The number of carboxylic acids is 1. The lowest BCUT2D eigenvalue weighted by molar-refractivity contribution is -0.150. The van der Waals surface area contributed by atoms with Crippen LogP contribution in [0.5, 0.6) is 0 Å². The Bertz CT molecular complexity index is 1250. The molecule has 0 aromatic carbocycles. The molecule has 0 aliphatic carbocycles. The number of amides is 2. The maximum absolute atomic E-state index is 12.9. The number of carbonyl (C=O) groups excluding carboxylic acids is 2. The second kappa shape index (κ2) is 10.9. The van der Waals surface area contributed by atoms with Crippen molar-refractivity contribution < 1.29 is 24.7 Å². The molecule has 0 saturated carbocycles. The molecule has 1 unspecified atom stereocenters. The Morgan fingerprint density at radius 2 is 2.06 bits per heavy atom. The van der Waals surface area contributed by atoms with Gasteiger partial charge in [-0.3, -0.25) is 14.5 Å². The summed E-state index contributed by atoms with van der Waals surface area (Å²) in [7, 11) is 0. The highest BCUT2D eigenvalue weighted by molar-refractivity contribution is 8.07. The number of aliphatic carboxylic acids is 1. The minimum Gasteiger partial charge on any atom is -0.477 e. The largest absolute Gasteiger partial charge is 0.477 e. The first-order chi connectivity index (χ1) is 16.7. The fourth-order valence-electron chi connectivity index (χ4n) is 3.09. The Hall–Kier alpha value is -2.09. The van der Waals surface area contributed by atoms with Crippen molar-refractivity contribution >= 4 is 98.2 Å². The van der Waals surface area contributed by atoms with E-state index in [0.717, 1.165) is 28.0 Å². The van der Waals surface area contributed by atoms with Crippen LogP contribution >= 0.6 is 69.6 Å². The van der Waals surface area contributed by atoms with Crippen molar-refractivity contribution in [3.05, 3.63) is 20.6 Å². The van der Waals surface area contributed by atoms with Crippen LogP contribution in [0.3, 0.4) is 0 Å². The summed E-state index contributed by atoms with van der Waals surface area (Å²) in [5.74, 6) is -1.85. The van der Waals surface area contributed by atoms with Crippen molar-refractivity contribution in [2.45, 2.75) is 20.1 Å². The van der Waals surface area contributed by atoms with Crippen molar-refractivity contribution in [2.24, 2.45) is 10.9 Å². The average Bonchev–Trinajstić information content (AvgIpc) is 3.41. The van der Waals surface area contributed by atoms with Gasteiger partial charge in [0.25, 0.3) is 11.8 Å². The standard InChI is InChI=1S/C16H15ClN8O5S5/c17-9-5(21-14(19)34-9)6(24-30)10(26)20-7-11(27)25-8(13(28)29)4(3-32-12(7)25)33-16-23-22-15(35-16)31-2-1-18/h7,12,30H,1-3,18H2,(H2,19,21)(H,20,26)(H,28,29)/b24-6-/t7-,12?/m1/s1. The molecule has 1 fully saturated rings. The van der Waals surface area contributed by atoms with Gasteiger partial charge in [-0.1, -0.05) is 63.0 Å². The molecular weight excluding hydrogens is 580 g/mol. The van der Waals surface area contributed by atoms with Gasteiger partial charge in [0, 0.05) is 23.0 Å². The number of aromatic nitrogens is 3. The highest BCUT2D eigenvalue weighted by Crippen LogP contribution is 2.46. The van der Waals surface area contributed by atoms with Gasteiger partial charge in [-0.25, -0.2) is 9.78 Å². The topological polar surface area (TPSA) is 210 Å². The van der Waals surface area contributed by atoms with Crippen molar-refractivity contribution in [3.8, 4) is 0 Å². The molecule has 2 aromatic heterocycles. The summed E-state index contributed by atoms with van der Waals surface area (Å²) in [6, 6.07) is -1.04. The summed E-state index contributed by atoms with van der Waals surface area (Å²) >= 11 is 12.0. The Labute approximate surface area is 222 Å². The number of hydrogen-bond acceptors (Lipinski definition) is 15. The zero-order valence-corrected chi connectivity index (χ0v) is 22.0. The van der Waals surface area contributed by atoms with E-state index in [1.165, 1.54) is 34.9 Å². The predicted molar refractivity (Wildman–Crippen MR) is 135 cm³/mol. The number of carboxylic acid groups (broad SMARTS) is 1. The molecule has 2 aliphatic rings. The molecule has 2 aromatic rings. The number of halogens is 1. The van der Waals surface area contributed by atoms with Gasteiger partial charge in [0.2, 0.25) is 0 Å². The quantitative estimate of drug-likeness (QED) is 0.0900. The first-order valence-electron chi connectivity index (χ1n) is 9.45. The number of thiazole rings is 1. The number of β-lactam (4-membered cyclic amide) rings is 1. The molecular formula is C16H15ClN8O5S5. The van der Waals surface area contributed by atoms with E-state index in [-0.39, 0.29) is 26.6 Å². The van der Waals surface area contributed by atoms with E-state index in [1.54, 1.807) is 0 Å². The fraction of sp³-hybridized carbons (Fsp3) is 0.312. The maximum atomic E-state index is 12.9. The highest BCUT2D eigenvalue weighted by Gasteiger charge is 2.54. The molecule has 2 amide bonds. The SMILES string of the molecule is NCCSc1nnc(SC2=C(C(=O)O)N3C(=O)[C@@H](NC(=O)/C(=N\O)c4nc(N)sc4Cl)C3SC2)s1. The fourth-order valence-corrected chi connectivity index (χ4v) is 8.52. The zero-order chi connectivity index (χ0) is 25.3. The number of nitrogens with zero attached hydrogens (tertiary/aromatic N) is 5. The molecule has 7 N–H and O–H groups in total. The monoisotopic (exact) mass is 594 g/mol. The van der Waals surface area contributed by atoms with Crippen LogP contribution in [0.2, 0.25) is 4.34 Å². The third-order valence-corrected chi connectivity index (χ3v) is 10.3. The Morgan fingerprint density at radius 3 is 2.69 bits per heavy atom. The van der Waals surface area contributed by atoms with Crippen LogP contribution in [0.4, 0.5) is 5.13 Å². The number of anilines is 1. The number of nitrogens with one attached hydrogen (secondary N) is 1. The van der Waals surface area contributed by atoms with Gasteiger partial charge in [-0.05, 0) is 0 Å². The molecule has 2 atom stereocenters. The van der Waals surface area contributed by atoms with Crippen LogP contribution in [-0.2, 0) is 14.4 Å². The molecule has 2 aliphatic heterocycles. The second-order valence-corrected chi connectivity index (χ2v) is 13.0. The van der Waals surface area contributed by atoms with E-state index >= 15 is 0 Å². The van der Waals surface area contributed by atoms with E-state index < -0.39 is 34.9 Å². The van der Waals surface area contributed by atoms with Gasteiger partial charge < -0.3 is 27.1 Å². The average molecular weight is 595 g/mol. The Kier molecular flexibility index (Phi) is 8.09. The van der Waals surface area contributed by atoms with Crippen LogP contribution in [-0.4, -0.2) is 83.4 Å². The van der Waals surface area contributed by atoms with Gasteiger partial charge in [-0.2, -0.15) is 0 Å². The van der Waals surface area contributed by atoms with Gasteiger partial charge in [-0.15, -0.1) is 22.0 Å². The lowest BCUT2D eigenvalue weighted by Gasteiger charge is -2.49. The number of nitrogens with two attached hydrogens (primary N) is 2. The summed E-state index contributed by atoms with van der Waals surface area (Å²) in [6.07, 6.45) is 0. The number of nitrogen functional groups attached to an aromatic ring is 1. The van der Waals surface area contributed by atoms with E-state index in [9.17, 15) is 24.7 Å². The summed E-state index contributed by atoms with van der Waals surface area (Å²) in [4.78, 5) is 43.0. The summed E-state index contributed by atoms with van der Waals surface area (Å²) in [5, 5.41) is 32.1. The van der Waals surface area contributed by atoms with Crippen molar-refractivity contribution in [1.29, 1.82) is 0 Å². The summed E-state index contributed by atoms with van der Waals surface area (Å²) < 4.78 is 1.29. The molecule has 0 spiro atoms. The van der Waals surface area contributed by atoms with Crippen molar-refractivity contribution in [2.75, 3.05) is 23.8 Å². The normalized spacial score (nSPS) is 20.0. The highest BCUT2D eigenvalue weighted by atomic mass is 35.5. The van der Waals surface area contributed by atoms with Crippen LogP contribution in [0.15, 0.2) is 24.4 Å². The van der Waals surface area contributed by atoms with Crippen molar-refractivity contribution in [3.63, 3.8) is 0 Å². The minimum atomic E-state index is -1.28. The minimum absolute atomic E-state index is 0.0399. The molecule has 35 heavy (non-hydrogen) atoms.